The molecule has 1 saturated carbocycles. The van der Waals surface area contributed by atoms with Gasteiger partial charge in [0, 0.05) is 31.0 Å². The van der Waals surface area contributed by atoms with Crippen molar-refractivity contribution in [3.8, 4) is 0 Å². The van der Waals surface area contributed by atoms with Crippen LogP contribution in [0.1, 0.15) is 45.7 Å². The van der Waals surface area contributed by atoms with Crippen molar-refractivity contribution in [1.29, 1.82) is 0 Å². The van der Waals surface area contributed by atoms with Crippen molar-refractivity contribution < 1.29 is 9.18 Å². The number of rotatable bonds is 7. The van der Waals surface area contributed by atoms with Crippen LogP contribution in [-0.4, -0.2) is 26.9 Å². The Morgan fingerprint density at radius 3 is 2.66 bits per heavy atom. The Bertz CT molecular complexity index is 1010. The van der Waals surface area contributed by atoms with E-state index in [1.165, 1.54) is 28.8 Å². The first-order valence-corrected chi connectivity index (χ1v) is 10.1. The molecule has 5 heteroatoms. The van der Waals surface area contributed by atoms with Gasteiger partial charge in [0.15, 0.2) is 0 Å². The van der Waals surface area contributed by atoms with Gasteiger partial charge in [0.25, 0.3) is 5.91 Å². The number of benzene rings is 2. The van der Waals surface area contributed by atoms with E-state index in [0.29, 0.717) is 24.6 Å². The van der Waals surface area contributed by atoms with Gasteiger partial charge < -0.3 is 9.47 Å². The monoisotopic (exact) mass is 391 g/mol. The number of carbonyl (C=O) groups excluding carboxylic acids is 1. The van der Waals surface area contributed by atoms with Crippen LogP contribution in [0, 0.1) is 25.6 Å². The first-order chi connectivity index (χ1) is 14.0. The number of halogens is 1. The molecule has 1 aliphatic rings. The van der Waals surface area contributed by atoms with Gasteiger partial charge in [0.2, 0.25) is 0 Å². The van der Waals surface area contributed by atoms with Gasteiger partial charge in [-0.3, -0.25) is 4.79 Å². The second-order valence-corrected chi connectivity index (χ2v) is 8.04. The van der Waals surface area contributed by atoms with E-state index >= 15 is 0 Å². The fraction of sp³-hybridized carbons (Fsp3) is 0.333. The summed E-state index contributed by atoms with van der Waals surface area (Å²) in [4.78, 5) is 19.5. The average Bonchev–Trinajstić information content (AvgIpc) is 3.42. The predicted octanol–water partition coefficient (Wildman–Crippen LogP) is 4.74. The number of aromatic nitrogens is 2. The van der Waals surface area contributed by atoms with E-state index in [-0.39, 0.29) is 11.7 Å². The van der Waals surface area contributed by atoms with E-state index in [9.17, 15) is 9.18 Å². The highest BCUT2D eigenvalue weighted by Gasteiger charge is 2.28. The lowest BCUT2D eigenvalue weighted by atomic mass is 10.1. The van der Waals surface area contributed by atoms with Crippen LogP contribution in [0.4, 0.5) is 4.39 Å². The van der Waals surface area contributed by atoms with Crippen LogP contribution in [0.15, 0.2) is 54.9 Å². The number of imidazole rings is 1. The maximum atomic E-state index is 13.3. The van der Waals surface area contributed by atoms with Crippen molar-refractivity contribution in [2.45, 2.75) is 39.8 Å². The highest BCUT2D eigenvalue weighted by Crippen LogP contribution is 2.30. The van der Waals surface area contributed by atoms with Gasteiger partial charge in [-0.25, -0.2) is 9.37 Å². The lowest BCUT2D eigenvalue weighted by Crippen LogP contribution is -2.33. The number of hydrogen-bond acceptors (Lipinski definition) is 2. The van der Waals surface area contributed by atoms with Gasteiger partial charge in [-0.2, -0.15) is 0 Å². The minimum absolute atomic E-state index is 0.0711. The predicted molar refractivity (Wildman–Crippen MR) is 111 cm³/mol. The Labute approximate surface area is 171 Å². The summed E-state index contributed by atoms with van der Waals surface area (Å²) in [7, 11) is 0. The number of aryl methyl sites for hydroxylation is 2. The first kappa shape index (κ1) is 19.4. The first-order valence-electron chi connectivity index (χ1n) is 10.1. The Morgan fingerprint density at radius 2 is 1.93 bits per heavy atom. The molecule has 150 valence electrons. The van der Waals surface area contributed by atoms with Gasteiger partial charge in [0.1, 0.15) is 11.6 Å². The van der Waals surface area contributed by atoms with Gasteiger partial charge in [-0.15, -0.1) is 0 Å². The zero-order valence-electron chi connectivity index (χ0n) is 16.9. The molecule has 1 amide bonds. The van der Waals surface area contributed by atoms with Gasteiger partial charge in [-0.1, -0.05) is 23.8 Å². The fourth-order valence-electron chi connectivity index (χ4n) is 3.57. The van der Waals surface area contributed by atoms with Crippen LogP contribution in [0.3, 0.4) is 0 Å². The van der Waals surface area contributed by atoms with Gasteiger partial charge >= 0.3 is 0 Å². The summed E-state index contributed by atoms with van der Waals surface area (Å²) in [6.45, 7) is 6.10. The second kappa shape index (κ2) is 8.19. The third-order valence-corrected chi connectivity index (χ3v) is 5.53. The molecule has 0 aliphatic heterocycles. The van der Waals surface area contributed by atoms with Crippen LogP contribution in [0.5, 0.6) is 0 Å². The summed E-state index contributed by atoms with van der Waals surface area (Å²) in [5, 5.41) is 0. The van der Waals surface area contributed by atoms with E-state index in [4.69, 9.17) is 0 Å². The van der Waals surface area contributed by atoms with Crippen molar-refractivity contribution in [3.63, 3.8) is 0 Å². The summed E-state index contributed by atoms with van der Waals surface area (Å²) in [6.07, 6.45) is 6.07. The molecule has 0 saturated heterocycles. The molecule has 4 nitrogen and oxygen atoms in total. The molecule has 1 aliphatic carbocycles. The Hall–Kier alpha value is -2.95. The standard InChI is InChI=1S/C24H26FN3O/c1-17-3-4-18(2)21(13-17)15-27-12-11-26-23(27)16-28(14-19-5-6-19)24(29)20-7-9-22(25)10-8-20/h3-4,7-13,19H,5-6,14-16H2,1-2H3. The zero-order chi connectivity index (χ0) is 20.4. The van der Waals surface area contributed by atoms with E-state index in [1.807, 2.05) is 11.1 Å². The molecule has 4 rings (SSSR count). The molecule has 3 aromatic rings. The third-order valence-electron chi connectivity index (χ3n) is 5.53. The molecule has 2 aromatic carbocycles. The Morgan fingerprint density at radius 1 is 1.17 bits per heavy atom. The van der Waals surface area contributed by atoms with Crippen LogP contribution >= 0.6 is 0 Å². The topological polar surface area (TPSA) is 38.1 Å². The molecular formula is C24H26FN3O. The molecule has 1 fully saturated rings. The van der Waals surface area contributed by atoms with E-state index in [0.717, 1.165) is 25.2 Å². The van der Waals surface area contributed by atoms with Crippen molar-refractivity contribution in [1.82, 2.24) is 14.5 Å². The van der Waals surface area contributed by atoms with Crippen molar-refractivity contribution >= 4 is 5.91 Å². The van der Waals surface area contributed by atoms with E-state index in [1.54, 1.807) is 18.3 Å². The molecule has 1 heterocycles. The summed E-state index contributed by atoms with van der Waals surface area (Å²) < 4.78 is 15.4. The van der Waals surface area contributed by atoms with E-state index in [2.05, 4.69) is 41.6 Å². The second-order valence-electron chi connectivity index (χ2n) is 8.04. The molecule has 0 bridgehead atoms. The van der Waals surface area contributed by atoms with Crippen LogP contribution in [0.25, 0.3) is 0 Å². The number of carbonyl (C=O) groups is 1. The molecule has 1 aromatic heterocycles. The number of amides is 1. The van der Waals surface area contributed by atoms with Crippen molar-refractivity contribution in [3.05, 3.63) is 88.8 Å². The summed E-state index contributed by atoms with van der Waals surface area (Å²) in [5.74, 6) is 1.02. The van der Waals surface area contributed by atoms with Crippen LogP contribution in [0.2, 0.25) is 0 Å². The molecular weight excluding hydrogens is 365 g/mol. The lowest BCUT2D eigenvalue weighted by Gasteiger charge is -2.23. The summed E-state index contributed by atoms with van der Waals surface area (Å²) >= 11 is 0. The number of nitrogens with zero attached hydrogens (tertiary/aromatic N) is 3. The average molecular weight is 391 g/mol. The Balaban J connectivity index is 1.55. The molecule has 0 spiro atoms. The van der Waals surface area contributed by atoms with Gasteiger partial charge in [0.05, 0.1) is 6.54 Å². The van der Waals surface area contributed by atoms with Crippen molar-refractivity contribution in [2.75, 3.05) is 6.54 Å². The molecule has 0 radical (unpaired) electrons. The van der Waals surface area contributed by atoms with Crippen molar-refractivity contribution in [2.24, 2.45) is 5.92 Å². The normalized spacial score (nSPS) is 13.5. The summed E-state index contributed by atoms with van der Waals surface area (Å²) in [6, 6.07) is 12.2. The molecule has 0 N–H and O–H groups in total. The molecule has 29 heavy (non-hydrogen) atoms. The minimum atomic E-state index is -0.334. The van der Waals surface area contributed by atoms with Gasteiger partial charge in [-0.05, 0) is 68.0 Å². The quantitative estimate of drug-likeness (QED) is 0.583. The zero-order valence-corrected chi connectivity index (χ0v) is 16.9. The number of hydrogen-bond donors (Lipinski definition) is 0. The third kappa shape index (κ3) is 4.73. The summed E-state index contributed by atoms with van der Waals surface area (Å²) in [5.41, 5.74) is 4.24. The van der Waals surface area contributed by atoms with E-state index < -0.39 is 0 Å². The lowest BCUT2D eigenvalue weighted by molar-refractivity contribution is 0.0728. The molecule has 0 unspecified atom stereocenters. The highest BCUT2D eigenvalue weighted by molar-refractivity contribution is 5.94. The maximum Gasteiger partial charge on any atom is 0.254 e. The molecule has 0 atom stereocenters. The minimum Gasteiger partial charge on any atom is -0.331 e. The maximum absolute atomic E-state index is 13.3. The SMILES string of the molecule is Cc1ccc(C)c(Cn2ccnc2CN(CC2CC2)C(=O)c2ccc(F)cc2)c1. The van der Waals surface area contributed by atoms with Crippen LogP contribution in [-0.2, 0) is 13.1 Å². The largest absolute Gasteiger partial charge is 0.331 e. The van der Waals surface area contributed by atoms with Crippen LogP contribution < -0.4 is 0 Å². The Kier molecular flexibility index (Phi) is 5.47. The highest BCUT2D eigenvalue weighted by atomic mass is 19.1. The fourth-order valence-corrected chi connectivity index (χ4v) is 3.57. The smallest absolute Gasteiger partial charge is 0.254 e.